The van der Waals surface area contributed by atoms with Crippen molar-refractivity contribution in [3.63, 3.8) is 0 Å². The smallest absolute Gasteiger partial charge is 0.0748 e. The van der Waals surface area contributed by atoms with Gasteiger partial charge >= 0.3 is 0 Å². The number of nitrogens with two attached hydrogens (primary N) is 1. The first-order chi connectivity index (χ1) is 6.04. The zero-order valence-electron chi connectivity index (χ0n) is 7.10. The maximum atomic E-state index is 9.10. The molecule has 0 unspecified atom stereocenters. The highest BCUT2D eigenvalue weighted by Gasteiger charge is 2.07. The van der Waals surface area contributed by atoms with Crippen LogP contribution in [0, 0.1) is 0 Å². The average Bonchev–Trinajstić information content (AvgIpc) is 2.04. The maximum absolute atomic E-state index is 9.10. The van der Waals surface area contributed by atoms with Gasteiger partial charge in [-0.1, -0.05) is 0 Å². The molecule has 0 saturated heterocycles. The largest absolute Gasteiger partial charge is 0.282 e. The van der Waals surface area contributed by atoms with Crippen LogP contribution in [0.15, 0.2) is 34.1 Å². The second kappa shape index (κ2) is 4.32. The standard InChI is InChI=1S/C7H12N2O2S2/c1-9-12-6-2-4-7(5-3-6)13(8,10)11/h2-5,9-11H,8H2,1H3. The first-order valence-corrected chi connectivity index (χ1v) is 5.96. The third-order valence-electron chi connectivity index (χ3n) is 1.39. The Labute approximate surface area is 83.1 Å². The van der Waals surface area contributed by atoms with E-state index in [2.05, 4.69) is 4.72 Å². The van der Waals surface area contributed by atoms with Crippen molar-refractivity contribution in [3.8, 4) is 0 Å². The van der Waals surface area contributed by atoms with Crippen LogP contribution in [-0.4, -0.2) is 16.2 Å². The summed E-state index contributed by atoms with van der Waals surface area (Å²) in [7, 11) is -1.25. The molecule has 0 amide bonds. The molecule has 0 spiro atoms. The van der Waals surface area contributed by atoms with Gasteiger partial charge in [0.2, 0.25) is 0 Å². The molecule has 0 saturated carbocycles. The van der Waals surface area contributed by atoms with E-state index < -0.39 is 10.8 Å². The summed E-state index contributed by atoms with van der Waals surface area (Å²) < 4.78 is 21.1. The minimum atomic E-state index is -3.06. The Bertz CT molecular complexity index is 271. The van der Waals surface area contributed by atoms with Crippen LogP contribution >= 0.6 is 22.7 Å². The van der Waals surface area contributed by atoms with Crippen molar-refractivity contribution in [3.05, 3.63) is 24.3 Å². The summed E-state index contributed by atoms with van der Waals surface area (Å²) in [4.78, 5) is 1.35. The van der Waals surface area contributed by atoms with Gasteiger partial charge in [-0.05, 0) is 43.3 Å². The topological polar surface area (TPSA) is 78.5 Å². The van der Waals surface area contributed by atoms with E-state index in [1.54, 1.807) is 24.3 Å². The number of nitrogens with one attached hydrogen (secondary N) is 1. The zero-order chi connectivity index (χ0) is 9.90. The molecule has 0 aliphatic carbocycles. The molecule has 5 N–H and O–H groups in total. The number of hydrogen-bond acceptors (Lipinski definition) is 5. The van der Waals surface area contributed by atoms with Gasteiger partial charge in [0.15, 0.2) is 0 Å². The van der Waals surface area contributed by atoms with Gasteiger partial charge < -0.3 is 0 Å². The average molecular weight is 220 g/mol. The molecule has 13 heavy (non-hydrogen) atoms. The fourth-order valence-electron chi connectivity index (χ4n) is 0.826. The van der Waals surface area contributed by atoms with Crippen LogP contribution in [0.3, 0.4) is 0 Å². The summed E-state index contributed by atoms with van der Waals surface area (Å²) in [5.41, 5.74) is 0. The third-order valence-corrected chi connectivity index (χ3v) is 3.07. The molecule has 0 radical (unpaired) electrons. The molecule has 0 heterocycles. The van der Waals surface area contributed by atoms with Gasteiger partial charge in [-0.25, -0.2) is 5.14 Å². The van der Waals surface area contributed by atoms with Gasteiger partial charge in [0, 0.05) is 4.90 Å². The minimum Gasteiger partial charge on any atom is -0.282 e. The second-order valence-electron chi connectivity index (χ2n) is 2.37. The lowest BCUT2D eigenvalue weighted by molar-refractivity contribution is 0.489. The second-order valence-corrected chi connectivity index (χ2v) is 5.11. The Morgan fingerprint density at radius 1 is 1.31 bits per heavy atom. The molecule has 1 rings (SSSR count). The molecule has 1 aromatic rings. The van der Waals surface area contributed by atoms with Crippen molar-refractivity contribution in [1.29, 1.82) is 0 Å². The summed E-state index contributed by atoms with van der Waals surface area (Å²) in [6.45, 7) is 0. The molecule has 74 valence electrons. The summed E-state index contributed by atoms with van der Waals surface area (Å²) in [6, 6.07) is 6.76. The molecule has 0 aliphatic rings. The molecule has 1 aromatic carbocycles. The Kier molecular flexibility index (Phi) is 3.60. The number of rotatable bonds is 3. The van der Waals surface area contributed by atoms with E-state index in [0.717, 1.165) is 4.90 Å². The van der Waals surface area contributed by atoms with Crippen molar-refractivity contribution < 1.29 is 9.11 Å². The monoisotopic (exact) mass is 220 g/mol. The van der Waals surface area contributed by atoms with E-state index in [4.69, 9.17) is 14.2 Å². The van der Waals surface area contributed by atoms with Crippen molar-refractivity contribution in [2.45, 2.75) is 9.79 Å². The predicted molar refractivity (Wildman–Crippen MR) is 56.7 cm³/mol. The van der Waals surface area contributed by atoms with Gasteiger partial charge in [0.1, 0.15) is 0 Å². The van der Waals surface area contributed by atoms with E-state index in [-0.39, 0.29) is 0 Å². The predicted octanol–water partition coefficient (Wildman–Crippen LogP) is 1.90. The fraction of sp³-hybridized carbons (Fsp3) is 0.143. The lowest BCUT2D eigenvalue weighted by Gasteiger charge is -2.26. The lowest BCUT2D eigenvalue weighted by Crippen LogP contribution is -2.08. The number of benzene rings is 1. The minimum absolute atomic E-state index is 0.355. The normalized spacial score (nSPS) is 12.9. The van der Waals surface area contributed by atoms with Crippen LogP contribution in [-0.2, 0) is 0 Å². The SMILES string of the molecule is CNSc1ccc(S(N)(O)O)cc1. The van der Waals surface area contributed by atoms with E-state index in [0.29, 0.717) is 4.90 Å². The van der Waals surface area contributed by atoms with Crippen LogP contribution in [0.25, 0.3) is 0 Å². The lowest BCUT2D eigenvalue weighted by atomic mass is 10.4. The first-order valence-electron chi connectivity index (χ1n) is 3.53. The maximum Gasteiger partial charge on any atom is 0.0748 e. The molecule has 6 heteroatoms. The quantitative estimate of drug-likeness (QED) is 0.585. The molecule has 0 aliphatic heterocycles. The number of hydrogen-bond donors (Lipinski definition) is 4. The Morgan fingerprint density at radius 2 is 1.85 bits per heavy atom. The van der Waals surface area contributed by atoms with Crippen LogP contribution in [0.1, 0.15) is 0 Å². The molecule has 0 fully saturated rings. The van der Waals surface area contributed by atoms with E-state index >= 15 is 0 Å². The van der Waals surface area contributed by atoms with Crippen LogP contribution in [0.5, 0.6) is 0 Å². The molecule has 0 aromatic heterocycles. The first kappa shape index (κ1) is 10.8. The molecule has 0 bridgehead atoms. The molecular formula is C7H12N2O2S2. The van der Waals surface area contributed by atoms with Crippen LogP contribution < -0.4 is 9.86 Å². The highest BCUT2D eigenvalue weighted by atomic mass is 32.3. The van der Waals surface area contributed by atoms with Crippen molar-refractivity contribution >= 4 is 22.7 Å². The molecule has 0 atom stereocenters. The van der Waals surface area contributed by atoms with Crippen molar-refractivity contribution in [2.75, 3.05) is 7.05 Å². The van der Waals surface area contributed by atoms with Gasteiger partial charge in [-0.2, -0.15) is 0 Å². The molecule has 4 nitrogen and oxygen atoms in total. The van der Waals surface area contributed by atoms with Crippen molar-refractivity contribution in [1.82, 2.24) is 4.72 Å². The Hall–Kier alpha value is -0.240. The van der Waals surface area contributed by atoms with E-state index in [9.17, 15) is 0 Å². The summed E-state index contributed by atoms with van der Waals surface area (Å²) >= 11 is 1.45. The summed E-state index contributed by atoms with van der Waals surface area (Å²) in [5.74, 6) is 0. The Morgan fingerprint density at radius 3 is 2.23 bits per heavy atom. The van der Waals surface area contributed by atoms with E-state index in [1.165, 1.54) is 11.9 Å². The molecular weight excluding hydrogens is 208 g/mol. The highest BCUT2D eigenvalue weighted by molar-refractivity contribution is 8.22. The highest BCUT2D eigenvalue weighted by Crippen LogP contribution is 2.39. The fourth-order valence-corrected chi connectivity index (χ4v) is 1.87. The summed E-state index contributed by atoms with van der Waals surface area (Å²) in [5, 5.41) is 5.15. The van der Waals surface area contributed by atoms with Gasteiger partial charge in [0.05, 0.1) is 4.90 Å². The zero-order valence-corrected chi connectivity index (χ0v) is 8.73. The van der Waals surface area contributed by atoms with Gasteiger partial charge in [0.25, 0.3) is 0 Å². The summed E-state index contributed by atoms with van der Waals surface area (Å²) in [6.07, 6.45) is 0. The van der Waals surface area contributed by atoms with Gasteiger partial charge in [-0.15, -0.1) is 10.8 Å². The van der Waals surface area contributed by atoms with Gasteiger partial charge in [-0.3, -0.25) is 13.8 Å². The van der Waals surface area contributed by atoms with E-state index in [1.807, 2.05) is 7.05 Å². The van der Waals surface area contributed by atoms with Crippen LogP contribution in [0.4, 0.5) is 0 Å². The Balaban J connectivity index is 2.81. The van der Waals surface area contributed by atoms with Crippen LogP contribution in [0.2, 0.25) is 0 Å². The third kappa shape index (κ3) is 3.18. The van der Waals surface area contributed by atoms with Crippen molar-refractivity contribution in [2.24, 2.45) is 5.14 Å².